The van der Waals surface area contributed by atoms with Gasteiger partial charge in [0, 0.05) is 12.1 Å². The summed E-state index contributed by atoms with van der Waals surface area (Å²) in [6.07, 6.45) is 3.15. The third kappa shape index (κ3) is 2.01. The molecule has 1 aromatic heterocycles. The monoisotopic (exact) mass is 208 g/mol. The maximum absolute atomic E-state index is 11.4. The number of furan rings is 1. The molecule has 1 aliphatic heterocycles. The van der Waals surface area contributed by atoms with E-state index in [9.17, 15) is 9.59 Å². The minimum atomic E-state index is -0.334. The molecule has 80 valence electrons. The Bertz CT molecular complexity index is 372. The van der Waals surface area contributed by atoms with Crippen LogP contribution in [-0.2, 0) is 11.3 Å². The number of urea groups is 1. The number of rotatable bonds is 2. The van der Waals surface area contributed by atoms with Gasteiger partial charge in [0.2, 0.25) is 5.91 Å². The lowest BCUT2D eigenvalue weighted by Crippen LogP contribution is -2.53. The van der Waals surface area contributed by atoms with Crippen molar-refractivity contribution >= 4 is 11.9 Å². The third-order valence-corrected chi connectivity index (χ3v) is 2.41. The number of amides is 3. The lowest BCUT2D eigenvalue weighted by atomic mass is 10.1. The summed E-state index contributed by atoms with van der Waals surface area (Å²) < 4.78 is 4.91. The number of nitrogens with one attached hydrogen (secondary N) is 1. The van der Waals surface area contributed by atoms with Crippen LogP contribution in [0.25, 0.3) is 0 Å². The smallest absolute Gasteiger partial charge is 0.324 e. The quantitative estimate of drug-likeness (QED) is 0.787. The first kappa shape index (κ1) is 9.76. The maximum Gasteiger partial charge on any atom is 0.324 e. The van der Waals surface area contributed by atoms with Gasteiger partial charge in [-0.25, -0.2) is 4.79 Å². The fourth-order valence-corrected chi connectivity index (χ4v) is 1.54. The highest BCUT2D eigenvalue weighted by molar-refractivity contribution is 5.97. The predicted octanol–water partition coefficient (Wildman–Crippen LogP) is 0.967. The Hall–Kier alpha value is -1.78. The largest absolute Gasteiger partial charge is 0.472 e. The molecule has 1 saturated heterocycles. The topological polar surface area (TPSA) is 62.6 Å². The van der Waals surface area contributed by atoms with Gasteiger partial charge in [-0.1, -0.05) is 6.92 Å². The molecule has 5 heteroatoms. The van der Waals surface area contributed by atoms with Crippen LogP contribution < -0.4 is 5.32 Å². The zero-order valence-corrected chi connectivity index (χ0v) is 8.40. The lowest BCUT2D eigenvalue weighted by Gasteiger charge is -2.29. The molecule has 0 radical (unpaired) electrons. The minimum absolute atomic E-state index is 0.158. The van der Waals surface area contributed by atoms with Gasteiger partial charge in [0.1, 0.15) is 0 Å². The van der Waals surface area contributed by atoms with Crippen molar-refractivity contribution in [2.45, 2.75) is 13.5 Å². The van der Waals surface area contributed by atoms with E-state index >= 15 is 0 Å². The highest BCUT2D eigenvalue weighted by atomic mass is 16.3. The van der Waals surface area contributed by atoms with Crippen LogP contribution in [0.3, 0.4) is 0 Å². The molecule has 1 aliphatic rings. The average molecular weight is 208 g/mol. The summed E-state index contributed by atoms with van der Waals surface area (Å²) in [5.41, 5.74) is 0.923. The minimum Gasteiger partial charge on any atom is -0.472 e. The van der Waals surface area contributed by atoms with Crippen molar-refractivity contribution < 1.29 is 14.0 Å². The van der Waals surface area contributed by atoms with Gasteiger partial charge in [-0.3, -0.25) is 10.1 Å². The molecule has 0 aromatic carbocycles. The molecule has 2 heterocycles. The van der Waals surface area contributed by atoms with Crippen LogP contribution in [-0.4, -0.2) is 23.4 Å². The van der Waals surface area contributed by atoms with Crippen molar-refractivity contribution in [1.82, 2.24) is 10.2 Å². The van der Waals surface area contributed by atoms with Crippen molar-refractivity contribution in [2.75, 3.05) is 6.54 Å². The standard InChI is InChI=1S/C10H12N2O3/c1-7-4-12(10(14)11-9(7)13)5-8-2-3-15-6-8/h2-3,6-7H,4-5H2,1H3,(H,11,13,14). The summed E-state index contributed by atoms with van der Waals surface area (Å²) in [4.78, 5) is 24.2. The van der Waals surface area contributed by atoms with Crippen molar-refractivity contribution in [3.63, 3.8) is 0 Å². The average Bonchev–Trinajstić information content (AvgIpc) is 2.67. The number of hydrogen-bond donors (Lipinski definition) is 1. The van der Waals surface area contributed by atoms with E-state index in [1.807, 2.05) is 0 Å². The number of imide groups is 1. The van der Waals surface area contributed by atoms with Crippen molar-refractivity contribution in [3.8, 4) is 0 Å². The molecule has 1 N–H and O–H groups in total. The second-order valence-electron chi connectivity index (χ2n) is 3.71. The first-order chi connectivity index (χ1) is 7.16. The molecular weight excluding hydrogens is 196 g/mol. The molecule has 1 aromatic rings. The Kier molecular flexibility index (Phi) is 2.45. The van der Waals surface area contributed by atoms with Gasteiger partial charge >= 0.3 is 6.03 Å². The SMILES string of the molecule is CC1CN(Cc2ccoc2)C(=O)NC1=O. The van der Waals surface area contributed by atoms with Crippen LogP contribution in [0.5, 0.6) is 0 Å². The summed E-state index contributed by atoms with van der Waals surface area (Å²) in [5, 5.41) is 2.31. The van der Waals surface area contributed by atoms with Gasteiger partial charge in [-0.2, -0.15) is 0 Å². The Balaban J connectivity index is 2.03. The van der Waals surface area contributed by atoms with Crippen LogP contribution in [0.2, 0.25) is 0 Å². The highest BCUT2D eigenvalue weighted by Gasteiger charge is 2.28. The first-order valence-corrected chi connectivity index (χ1v) is 4.77. The van der Waals surface area contributed by atoms with Gasteiger partial charge < -0.3 is 9.32 Å². The van der Waals surface area contributed by atoms with Crippen LogP contribution in [0.4, 0.5) is 4.79 Å². The molecule has 1 unspecified atom stereocenters. The van der Waals surface area contributed by atoms with Crippen LogP contribution in [0.1, 0.15) is 12.5 Å². The van der Waals surface area contributed by atoms with E-state index in [4.69, 9.17) is 4.42 Å². The van der Waals surface area contributed by atoms with Crippen molar-refractivity contribution in [3.05, 3.63) is 24.2 Å². The molecule has 2 rings (SSSR count). The van der Waals surface area contributed by atoms with Crippen molar-refractivity contribution in [2.24, 2.45) is 5.92 Å². The molecule has 0 aliphatic carbocycles. The molecule has 1 fully saturated rings. The Morgan fingerprint density at radius 1 is 1.60 bits per heavy atom. The van der Waals surface area contributed by atoms with E-state index in [0.717, 1.165) is 5.56 Å². The Labute approximate surface area is 87.0 Å². The molecule has 0 saturated carbocycles. The number of carbonyl (C=O) groups is 2. The van der Waals surface area contributed by atoms with E-state index in [1.54, 1.807) is 30.4 Å². The molecule has 3 amide bonds. The fourth-order valence-electron chi connectivity index (χ4n) is 1.54. The number of nitrogens with zero attached hydrogens (tertiary/aromatic N) is 1. The summed E-state index contributed by atoms with van der Waals surface area (Å²) in [5.74, 6) is -0.363. The summed E-state index contributed by atoms with van der Waals surface area (Å²) in [6, 6.07) is 1.47. The van der Waals surface area contributed by atoms with Gasteiger partial charge in [0.15, 0.2) is 0 Å². The summed E-state index contributed by atoms with van der Waals surface area (Å²) >= 11 is 0. The Morgan fingerprint density at radius 3 is 3.07 bits per heavy atom. The molecule has 1 atom stereocenters. The van der Waals surface area contributed by atoms with Gasteiger partial charge in [0.25, 0.3) is 0 Å². The second-order valence-corrected chi connectivity index (χ2v) is 3.71. The molecule has 0 bridgehead atoms. The zero-order valence-electron chi connectivity index (χ0n) is 8.40. The van der Waals surface area contributed by atoms with Gasteiger partial charge in [-0.15, -0.1) is 0 Å². The zero-order chi connectivity index (χ0) is 10.8. The number of hydrogen-bond acceptors (Lipinski definition) is 3. The normalized spacial score (nSPS) is 21.7. The van der Waals surface area contributed by atoms with Crippen molar-refractivity contribution in [1.29, 1.82) is 0 Å². The van der Waals surface area contributed by atoms with Crippen LogP contribution in [0.15, 0.2) is 23.0 Å². The highest BCUT2D eigenvalue weighted by Crippen LogP contribution is 2.12. The summed E-state index contributed by atoms with van der Waals surface area (Å²) in [7, 11) is 0. The molecule has 5 nitrogen and oxygen atoms in total. The Morgan fingerprint density at radius 2 is 2.40 bits per heavy atom. The second kappa shape index (κ2) is 3.76. The molecule has 0 spiro atoms. The molecular formula is C10H12N2O3. The van der Waals surface area contributed by atoms with E-state index in [0.29, 0.717) is 13.1 Å². The fraction of sp³-hybridized carbons (Fsp3) is 0.400. The van der Waals surface area contributed by atoms with E-state index in [-0.39, 0.29) is 17.9 Å². The third-order valence-electron chi connectivity index (χ3n) is 2.41. The number of carbonyl (C=O) groups excluding carboxylic acids is 2. The summed E-state index contributed by atoms with van der Waals surface area (Å²) in [6.45, 7) is 2.72. The molecule has 15 heavy (non-hydrogen) atoms. The van der Waals surface area contributed by atoms with E-state index in [2.05, 4.69) is 5.32 Å². The van der Waals surface area contributed by atoms with E-state index < -0.39 is 0 Å². The maximum atomic E-state index is 11.4. The first-order valence-electron chi connectivity index (χ1n) is 4.77. The van der Waals surface area contributed by atoms with E-state index in [1.165, 1.54) is 0 Å². The van der Waals surface area contributed by atoms with Crippen LogP contribution >= 0.6 is 0 Å². The van der Waals surface area contributed by atoms with Gasteiger partial charge in [-0.05, 0) is 6.07 Å². The van der Waals surface area contributed by atoms with Crippen LogP contribution in [0, 0.1) is 5.92 Å². The lowest BCUT2D eigenvalue weighted by molar-refractivity contribution is -0.125. The van der Waals surface area contributed by atoms with Gasteiger partial charge in [0.05, 0.1) is 25.0 Å². The predicted molar refractivity (Wildman–Crippen MR) is 51.8 cm³/mol.